The van der Waals surface area contributed by atoms with Crippen LogP contribution in [0, 0.1) is 23.4 Å². The third-order valence-electron chi connectivity index (χ3n) is 5.04. The van der Waals surface area contributed by atoms with Crippen LogP contribution in [-0.2, 0) is 4.79 Å². The quantitative estimate of drug-likeness (QED) is 0.748. The number of hydrogen-bond donors (Lipinski definition) is 1. The normalized spacial score (nSPS) is 14.4. The lowest BCUT2D eigenvalue weighted by molar-refractivity contribution is -0.121. The molecule has 0 unspecified atom stereocenters. The fourth-order valence-electron chi connectivity index (χ4n) is 3.32. The molecule has 9 heteroatoms. The first-order chi connectivity index (χ1) is 14.3. The summed E-state index contributed by atoms with van der Waals surface area (Å²) in [5.74, 6) is -4.65. The Morgan fingerprint density at radius 3 is 2.13 bits per heavy atom. The van der Waals surface area contributed by atoms with Gasteiger partial charge in [-0.2, -0.15) is 0 Å². The average molecular weight is 422 g/mol. The van der Waals surface area contributed by atoms with Gasteiger partial charge in [-0.15, -0.1) is 0 Å². The zero-order chi connectivity index (χ0) is 21.8. The number of rotatable bonds is 5. The highest BCUT2D eigenvalue weighted by Crippen LogP contribution is 2.26. The van der Waals surface area contributed by atoms with Gasteiger partial charge in [0.05, 0.1) is 19.9 Å². The monoisotopic (exact) mass is 422 g/mol. The Hall–Kier alpha value is -3.23. The van der Waals surface area contributed by atoms with Crippen LogP contribution in [0.15, 0.2) is 30.3 Å². The van der Waals surface area contributed by atoms with E-state index in [-0.39, 0.29) is 5.91 Å². The molecule has 6 nitrogen and oxygen atoms in total. The molecule has 0 saturated carbocycles. The van der Waals surface area contributed by atoms with Crippen molar-refractivity contribution in [3.63, 3.8) is 0 Å². The Balaban J connectivity index is 1.62. The van der Waals surface area contributed by atoms with E-state index in [0.29, 0.717) is 43.0 Å². The summed E-state index contributed by atoms with van der Waals surface area (Å²) >= 11 is 0. The van der Waals surface area contributed by atoms with Crippen molar-refractivity contribution < 1.29 is 32.2 Å². The van der Waals surface area contributed by atoms with E-state index in [9.17, 15) is 22.8 Å². The van der Waals surface area contributed by atoms with E-state index in [4.69, 9.17) is 9.47 Å². The molecule has 2 amide bonds. The molecule has 3 rings (SSSR count). The predicted molar refractivity (Wildman–Crippen MR) is 103 cm³/mol. The fourth-order valence-corrected chi connectivity index (χ4v) is 3.32. The number of nitrogens with zero attached hydrogens (tertiary/aromatic N) is 1. The summed E-state index contributed by atoms with van der Waals surface area (Å²) in [6.45, 7) is 0.632. The number of hydrogen-bond acceptors (Lipinski definition) is 4. The van der Waals surface area contributed by atoms with E-state index in [0.717, 1.165) is 12.1 Å². The molecule has 0 radical (unpaired) electrons. The number of amides is 2. The maximum absolute atomic E-state index is 13.8. The molecule has 0 spiro atoms. The lowest BCUT2D eigenvalue weighted by atomic mass is 9.95. The number of ether oxygens (including phenoxy) is 2. The molecule has 1 aliphatic rings. The molecule has 160 valence electrons. The van der Waals surface area contributed by atoms with Gasteiger partial charge >= 0.3 is 0 Å². The average Bonchev–Trinajstić information content (AvgIpc) is 2.78. The molecule has 2 aromatic carbocycles. The number of nitrogens with one attached hydrogen (secondary N) is 1. The summed E-state index contributed by atoms with van der Waals surface area (Å²) in [7, 11) is 2.98. The highest BCUT2D eigenvalue weighted by atomic mass is 19.2. The molecular formula is C21H21F3N2O4. The Labute approximate surface area is 171 Å². The smallest absolute Gasteiger partial charge is 0.254 e. The second-order valence-corrected chi connectivity index (χ2v) is 6.88. The molecule has 0 bridgehead atoms. The lowest BCUT2D eigenvalue weighted by Gasteiger charge is -2.31. The lowest BCUT2D eigenvalue weighted by Crippen LogP contribution is -2.41. The number of benzene rings is 2. The molecule has 1 saturated heterocycles. The molecule has 1 fully saturated rings. The van der Waals surface area contributed by atoms with Crippen molar-refractivity contribution >= 4 is 17.5 Å². The third kappa shape index (κ3) is 4.50. The zero-order valence-corrected chi connectivity index (χ0v) is 16.5. The number of anilines is 1. The van der Waals surface area contributed by atoms with E-state index in [1.165, 1.54) is 14.2 Å². The second-order valence-electron chi connectivity index (χ2n) is 6.88. The van der Waals surface area contributed by atoms with Gasteiger partial charge in [-0.3, -0.25) is 9.59 Å². The van der Waals surface area contributed by atoms with Gasteiger partial charge in [0.2, 0.25) is 5.91 Å². The number of likely N-dealkylation sites (tertiary alicyclic amines) is 1. The van der Waals surface area contributed by atoms with Gasteiger partial charge in [0.25, 0.3) is 5.91 Å². The van der Waals surface area contributed by atoms with Gasteiger partial charge < -0.3 is 19.7 Å². The van der Waals surface area contributed by atoms with Gasteiger partial charge in [-0.1, -0.05) is 0 Å². The molecule has 1 aliphatic heterocycles. The van der Waals surface area contributed by atoms with E-state index < -0.39 is 35.0 Å². The van der Waals surface area contributed by atoms with Gasteiger partial charge in [0.1, 0.15) is 11.5 Å². The van der Waals surface area contributed by atoms with Crippen LogP contribution in [0.25, 0.3) is 0 Å². The molecule has 30 heavy (non-hydrogen) atoms. The van der Waals surface area contributed by atoms with E-state index >= 15 is 0 Å². The van der Waals surface area contributed by atoms with E-state index in [1.807, 2.05) is 0 Å². The zero-order valence-electron chi connectivity index (χ0n) is 16.5. The summed E-state index contributed by atoms with van der Waals surface area (Å²) in [6.07, 6.45) is 0.702. The minimum absolute atomic E-state index is 0.224. The van der Waals surface area contributed by atoms with Gasteiger partial charge in [0.15, 0.2) is 17.5 Å². The highest BCUT2D eigenvalue weighted by molar-refractivity contribution is 5.96. The maximum Gasteiger partial charge on any atom is 0.254 e. The van der Waals surface area contributed by atoms with Crippen LogP contribution in [-0.4, -0.2) is 44.0 Å². The van der Waals surface area contributed by atoms with Crippen molar-refractivity contribution in [2.75, 3.05) is 32.6 Å². The fraction of sp³-hybridized carbons (Fsp3) is 0.333. The number of piperidine rings is 1. The Morgan fingerprint density at radius 1 is 0.967 bits per heavy atom. The van der Waals surface area contributed by atoms with Crippen LogP contribution < -0.4 is 14.8 Å². The van der Waals surface area contributed by atoms with E-state index in [2.05, 4.69) is 5.32 Å². The molecule has 2 aromatic rings. The highest BCUT2D eigenvalue weighted by Gasteiger charge is 2.29. The SMILES string of the molecule is COc1cc(OC)cc(C(=O)N2CCC(C(=O)Nc3ccc(F)c(F)c3F)CC2)c1. The number of carbonyl (C=O) groups excluding carboxylic acids is 2. The predicted octanol–water partition coefficient (Wildman–Crippen LogP) is 3.61. The molecular weight excluding hydrogens is 401 g/mol. The minimum atomic E-state index is -1.64. The summed E-state index contributed by atoms with van der Waals surface area (Å²) < 4.78 is 50.5. The van der Waals surface area contributed by atoms with Crippen LogP contribution in [0.5, 0.6) is 11.5 Å². The van der Waals surface area contributed by atoms with Crippen molar-refractivity contribution in [2.45, 2.75) is 12.8 Å². The molecule has 1 N–H and O–H groups in total. The van der Waals surface area contributed by atoms with Gasteiger partial charge in [-0.25, -0.2) is 13.2 Å². The van der Waals surface area contributed by atoms with Crippen LogP contribution in [0.4, 0.5) is 18.9 Å². The Kier molecular flexibility index (Phi) is 6.49. The molecule has 0 aromatic heterocycles. The van der Waals surface area contributed by atoms with Crippen molar-refractivity contribution in [3.8, 4) is 11.5 Å². The number of methoxy groups -OCH3 is 2. The van der Waals surface area contributed by atoms with Crippen molar-refractivity contribution in [2.24, 2.45) is 5.92 Å². The standard InChI is InChI=1S/C21H21F3N2O4/c1-29-14-9-13(10-15(11-14)30-2)21(28)26-7-5-12(6-8-26)20(27)25-17-4-3-16(22)18(23)19(17)24/h3-4,9-12H,5-8H2,1-2H3,(H,25,27). The first kappa shape index (κ1) is 21.5. The minimum Gasteiger partial charge on any atom is -0.497 e. The first-order valence-electron chi connectivity index (χ1n) is 9.30. The third-order valence-corrected chi connectivity index (χ3v) is 5.04. The summed E-state index contributed by atoms with van der Waals surface area (Å²) in [4.78, 5) is 26.8. The van der Waals surface area contributed by atoms with Crippen LogP contribution in [0.1, 0.15) is 23.2 Å². The molecule has 0 atom stereocenters. The van der Waals surface area contributed by atoms with Crippen molar-refractivity contribution in [3.05, 3.63) is 53.3 Å². The number of carbonyl (C=O) groups is 2. The largest absolute Gasteiger partial charge is 0.497 e. The van der Waals surface area contributed by atoms with E-state index in [1.54, 1.807) is 23.1 Å². The Bertz CT molecular complexity index is 937. The van der Waals surface area contributed by atoms with Crippen molar-refractivity contribution in [1.82, 2.24) is 4.90 Å². The second kappa shape index (κ2) is 9.06. The number of halogens is 3. The summed E-state index contributed by atoms with van der Waals surface area (Å²) in [5, 5.41) is 2.30. The maximum atomic E-state index is 13.8. The van der Waals surface area contributed by atoms with Gasteiger partial charge in [0, 0.05) is 30.6 Å². The van der Waals surface area contributed by atoms with Crippen LogP contribution in [0.3, 0.4) is 0 Å². The van der Waals surface area contributed by atoms with Crippen molar-refractivity contribution in [1.29, 1.82) is 0 Å². The van der Waals surface area contributed by atoms with Crippen LogP contribution >= 0.6 is 0 Å². The first-order valence-corrected chi connectivity index (χ1v) is 9.30. The summed E-state index contributed by atoms with van der Waals surface area (Å²) in [5.41, 5.74) is -0.0150. The molecule has 0 aliphatic carbocycles. The van der Waals surface area contributed by atoms with Crippen LogP contribution in [0.2, 0.25) is 0 Å². The topological polar surface area (TPSA) is 67.9 Å². The molecule has 1 heterocycles. The van der Waals surface area contributed by atoms with Gasteiger partial charge in [-0.05, 0) is 37.1 Å². The Morgan fingerprint density at radius 2 is 1.57 bits per heavy atom. The summed E-state index contributed by atoms with van der Waals surface area (Å²) in [6, 6.07) is 6.59.